The Morgan fingerprint density at radius 2 is 1.26 bits per heavy atom. The lowest BCUT2D eigenvalue weighted by molar-refractivity contribution is 0.0925. The van der Waals surface area contributed by atoms with Crippen LogP contribution >= 0.6 is 0 Å². The highest BCUT2D eigenvalue weighted by Crippen LogP contribution is 2.31. The van der Waals surface area contributed by atoms with Crippen molar-refractivity contribution in [1.82, 2.24) is 0 Å². The van der Waals surface area contributed by atoms with Crippen LogP contribution in [0.1, 0.15) is 31.1 Å². The molecule has 0 radical (unpaired) electrons. The number of benzene rings is 5. The van der Waals surface area contributed by atoms with Gasteiger partial charge in [0, 0.05) is 11.3 Å². The molecular weight excluding hydrogens is 476 g/mol. The molecule has 6 rings (SSSR count). The van der Waals surface area contributed by atoms with Gasteiger partial charge in [-0.05, 0) is 77.5 Å². The molecule has 182 valence electrons. The number of rotatable bonds is 5. The van der Waals surface area contributed by atoms with Crippen LogP contribution in [0.15, 0.2) is 125 Å². The second-order valence-corrected chi connectivity index (χ2v) is 8.77. The van der Waals surface area contributed by atoms with Crippen molar-refractivity contribution in [3.8, 4) is 0 Å². The molecule has 0 bridgehead atoms. The normalized spacial score (nSPS) is 12.8. The second-order valence-electron chi connectivity index (χ2n) is 8.77. The second kappa shape index (κ2) is 9.55. The van der Waals surface area contributed by atoms with Crippen LogP contribution in [-0.2, 0) is 0 Å². The quantitative estimate of drug-likeness (QED) is 0.204. The fourth-order valence-electron chi connectivity index (χ4n) is 4.37. The third-order valence-corrected chi connectivity index (χ3v) is 6.30. The van der Waals surface area contributed by atoms with Gasteiger partial charge in [0.1, 0.15) is 0 Å². The van der Waals surface area contributed by atoms with E-state index in [0.717, 1.165) is 21.4 Å². The van der Waals surface area contributed by atoms with Crippen LogP contribution in [0.5, 0.6) is 0 Å². The summed E-state index contributed by atoms with van der Waals surface area (Å²) in [6, 6.07) is 34.0. The lowest BCUT2D eigenvalue weighted by Crippen LogP contribution is -2.29. The number of anilines is 2. The number of amides is 3. The smallest absolute Gasteiger partial charge is 0.266 e. The molecule has 1 aliphatic heterocycles. The first-order valence-corrected chi connectivity index (χ1v) is 12.0. The van der Waals surface area contributed by atoms with E-state index in [1.165, 1.54) is 12.1 Å². The van der Waals surface area contributed by atoms with Gasteiger partial charge < -0.3 is 5.32 Å². The summed E-state index contributed by atoms with van der Waals surface area (Å²) in [5.41, 5.74) is 3.09. The SMILES string of the molecule is O=C(Nc1ccc2ccccc2c1)c1ccc2c(c1)C(=O)N(c1ccc(N=Nc3ccccc3)cc1)C2=O. The maximum Gasteiger partial charge on any atom is 0.266 e. The van der Waals surface area contributed by atoms with Crippen molar-refractivity contribution in [2.45, 2.75) is 0 Å². The fraction of sp³-hybridized carbons (Fsp3) is 0. The predicted octanol–water partition coefficient (Wildman–Crippen LogP) is 7.31. The summed E-state index contributed by atoms with van der Waals surface area (Å²) in [7, 11) is 0. The van der Waals surface area contributed by atoms with E-state index in [1.807, 2.05) is 72.8 Å². The van der Waals surface area contributed by atoms with E-state index in [4.69, 9.17) is 0 Å². The van der Waals surface area contributed by atoms with E-state index in [0.29, 0.717) is 17.1 Å². The first-order chi connectivity index (χ1) is 18.6. The van der Waals surface area contributed by atoms with E-state index in [-0.39, 0.29) is 22.6 Å². The van der Waals surface area contributed by atoms with Gasteiger partial charge in [-0.2, -0.15) is 10.2 Å². The number of carbonyl (C=O) groups is 3. The molecule has 0 fully saturated rings. The summed E-state index contributed by atoms with van der Waals surface area (Å²) < 4.78 is 0. The molecule has 0 aliphatic carbocycles. The molecule has 7 heteroatoms. The predicted molar refractivity (Wildman–Crippen MR) is 147 cm³/mol. The van der Waals surface area contributed by atoms with Crippen LogP contribution in [0.25, 0.3) is 10.8 Å². The number of hydrogen-bond acceptors (Lipinski definition) is 5. The fourth-order valence-corrected chi connectivity index (χ4v) is 4.37. The van der Waals surface area contributed by atoms with Crippen molar-refractivity contribution in [3.05, 3.63) is 132 Å². The summed E-state index contributed by atoms with van der Waals surface area (Å²) in [6.07, 6.45) is 0. The van der Waals surface area contributed by atoms with Crippen LogP contribution in [-0.4, -0.2) is 17.7 Å². The van der Waals surface area contributed by atoms with Gasteiger partial charge in [0.05, 0.1) is 28.2 Å². The largest absolute Gasteiger partial charge is 0.322 e. The summed E-state index contributed by atoms with van der Waals surface area (Å²) in [4.78, 5) is 40.3. The zero-order valence-corrected chi connectivity index (χ0v) is 20.0. The lowest BCUT2D eigenvalue weighted by atomic mass is 10.0. The molecule has 1 heterocycles. The van der Waals surface area contributed by atoms with Crippen molar-refractivity contribution in [3.63, 3.8) is 0 Å². The van der Waals surface area contributed by atoms with Gasteiger partial charge in [-0.25, -0.2) is 4.90 Å². The van der Waals surface area contributed by atoms with Gasteiger partial charge in [0.15, 0.2) is 0 Å². The van der Waals surface area contributed by atoms with Crippen molar-refractivity contribution >= 4 is 51.2 Å². The molecule has 3 amide bonds. The molecule has 5 aromatic carbocycles. The molecule has 0 saturated heterocycles. The van der Waals surface area contributed by atoms with E-state index >= 15 is 0 Å². The third kappa shape index (κ3) is 4.33. The van der Waals surface area contributed by atoms with Crippen molar-refractivity contribution in [2.24, 2.45) is 10.2 Å². The molecule has 0 spiro atoms. The molecule has 0 saturated carbocycles. The van der Waals surface area contributed by atoms with Gasteiger partial charge in [0.2, 0.25) is 0 Å². The first kappa shape index (κ1) is 23.0. The average Bonchev–Trinajstić information content (AvgIpc) is 3.21. The van der Waals surface area contributed by atoms with Gasteiger partial charge >= 0.3 is 0 Å². The molecule has 7 nitrogen and oxygen atoms in total. The van der Waals surface area contributed by atoms with Crippen LogP contribution < -0.4 is 10.2 Å². The minimum absolute atomic E-state index is 0.189. The number of nitrogens with zero attached hydrogens (tertiary/aromatic N) is 3. The number of imide groups is 1. The maximum atomic E-state index is 13.2. The van der Waals surface area contributed by atoms with E-state index in [9.17, 15) is 14.4 Å². The number of hydrogen-bond donors (Lipinski definition) is 1. The van der Waals surface area contributed by atoms with Crippen LogP contribution in [0.2, 0.25) is 0 Å². The Balaban J connectivity index is 1.20. The Bertz CT molecular complexity index is 1750. The molecule has 1 aliphatic rings. The summed E-state index contributed by atoms with van der Waals surface area (Å²) in [5, 5.41) is 13.3. The highest BCUT2D eigenvalue weighted by Gasteiger charge is 2.37. The molecule has 0 unspecified atom stereocenters. The Hall–Kier alpha value is -5.43. The maximum absolute atomic E-state index is 13.2. The molecule has 38 heavy (non-hydrogen) atoms. The van der Waals surface area contributed by atoms with Gasteiger partial charge in [-0.1, -0.05) is 48.5 Å². The van der Waals surface area contributed by atoms with Crippen LogP contribution in [0.4, 0.5) is 22.7 Å². The van der Waals surface area contributed by atoms with E-state index in [2.05, 4.69) is 15.5 Å². The van der Waals surface area contributed by atoms with Crippen LogP contribution in [0.3, 0.4) is 0 Å². The zero-order chi connectivity index (χ0) is 26.1. The standard InChI is InChI=1S/C31H20N4O3/c36-29(32-25-12-10-20-6-4-5-7-21(20)18-25)22-11-17-27-28(19-22)31(38)35(30(27)37)26-15-13-24(14-16-26)34-33-23-8-2-1-3-9-23/h1-19H,(H,32,36). The Morgan fingerprint density at radius 1 is 0.605 bits per heavy atom. The molecule has 1 N–H and O–H groups in total. The van der Waals surface area contributed by atoms with Gasteiger partial charge in [-0.3, -0.25) is 14.4 Å². The summed E-state index contributed by atoms with van der Waals surface area (Å²) in [5.74, 6) is -1.29. The number of fused-ring (bicyclic) bond motifs is 2. The average molecular weight is 497 g/mol. The Morgan fingerprint density at radius 3 is 2.03 bits per heavy atom. The Labute approximate surface area is 218 Å². The highest BCUT2D eigenvalue weighted by molar-refractivity contribution is 6.34. The zero-order valence-electron chi connectivity index (χ0n) is 20.0. The van der Waals surface area contributed by atoms with Crippen molar-refractivity contribution in [2.75, 3.05) is 10.2 Å². The van der Waals surface area contributed by atoms with Crippen molar-refractivity contribution < 1.29 is 14.4 Å². The lowest BCUT2D eigenvalue weighted by Gasteiger charge is -2.13. The van der Waals surface area contributed by atoms with Crippen molar-refractivity contribution in [1.29, 1.82) is 0 Å². The summed E-state index contributed by atoms with van der Waals surface area (Å²) in [6.45, 7) is 0. The van der Waals surface area contributed by atoms with Gasteiger partial charge in [-0.15, -0.1) is 0 Å². The number of nitrogens with one attached hydrogen (secondary N) is 1. The number of azo groups is 1. The first-order valence-electron chi connectivity index (χ1n) is 12.0. The molecule has 5 aromatic rings. The monoisotopic (exact) mass is 496 g/mol. The molecule has 0 aromatic heterocycles. The topological polar surface area (TPSA) is 91.2 Å². The third-order valence-electron chi connectivity index (χ3n) is 6.30. The van der Waals surface area contributed by atoms with Gasteiger partial charge in [0.25, 0.3) is 17.7 Å². The van der Waals surface area contributed by atoms with Crippen LogP contribution in [0, 0.1) is 0 Å². The molecule has 0 atom stereocenters. The minimum atomic E-state index is -0.482. The number of carbonyl (C=O) groups excluding carboxylic acids is 3. The highest BCUT2D eigenvalue weighted by atomic mass is 16.2. The Kier molecular flexibility index (Phi) is 5.78. The molecular formula is C31H20N4O3. The van der Waals surface area contributed by atoms with E-state index in [1.54, 1.807) is 30.3 Å². The minimum Gasteiger partial charge on any atom is -0.322 e. The summed E-state index contributed by atoms with van der Waals surface area (Å²) >= 11 is 0. The van der Waals surface area contributed by atoms with E-state index < -0.39 is 11.8 Å².